The Morgan fingerprint density at radius 1 is 1.25 bits per heavy atom. The number of nitrogen functional groups attached to an aromatic ring is 1. The van der Waals surface area contributed by atoms with Crippen LogP contribution in [0.2, 0.25) is 0 Å². The minimum Gasteiger partial charge on any atom is -0.389 e. The number of hydrogen-bond donors (Lipinski definition) is 2. The summed E-state index contributed by atoms with van der Waals surface area (Å²) < 4.78 is 36.9. The number of pyridine rings is 1. The van der Waals surface area contributed by atoms with E-state index in [0.717, 1.165) is 49.0 Å². The first-order valence-electron chi connectivity index (χ1n) is 11.7. The average Bonchev–Trinajstić information content (AvgIpc) is 3.19. The molecule has 3 aliphatic rings. The molecule has 0 bridgehead atoms. The molecule has 11 heteroatoms. The fraction of sp³-hybridized carbons (Fsp3) is 0.360. The van der Waals surface area contributed by atoms with Crippen LogP contribution in [0.15, 0.2) is 12.4 Å². The minimum atomic E-state index is -0.604. The number of likely N-dealkylation sites (N-methyl/N-ethyl adjacent to an activating group) is 1. The molecule has 0 unspecified atom stereocenters. The van der Waals surface area contributed by atoms with Gasteiger partial charge in [0.25, 0.3) is 0 Å². The molecule has 36 heavy (non-hydrogen) atoms. The summed E-state index contributed by atoms with van der Waals surface area (Å²) >= 11 is 0.957. The highest BCUT2D eigenvalue weighted by atomic mass is 32.1. The molecular formula is C25H21F2N7OS. The van der Waals surface area contributed by atoms with Gasteiger partial charge in [-0.25, -0.2) is 18.7 Å². The molecule has 1 spiro atoms. The summed E-state index contributed by atoms with van der Waals surface area (Å²) in [6.07, 6.45) is 5.02. The standard InChI is InChI=1S/C25H21F2N7OS/c1-30-16-7-34(10-25(16)2-3-25)24-32-5-12-13-8-35-9-14(13)17(19(27)20(12)33-24)21-18-11(4-28)23(29)36-22(18)15(26)6-31-21/h5-6,16,30H,2-3,7-10,29H2,1H3/t16-/m1/s1. The second kappa shape index (κ2) is 7.52. The van der Waals surface area contributed by atoms with Gasteiger partial charge in [0.15, 0.2) is 11.6 Å². The molecule has 1 atom stereocenters. The molecule has 0 amide bonds. The molecule has 7 rings (SSSR count). The lowest BCUT2D eigenvalue weighted by atomic mass is 9.94. The van der Waals surface area contributed by atoms with Crippen LogP contribution in [0.25, 0.3) is 32.2 Å². The van der Waals surface area contributed by atoms with Gasteiger partial charge in [-0.3, -0.25) is 4.98 Å². The first kappa shape index (κ1) is 21.8. The lowest BCUT2D eigenvalue weighted by Gasteiger charge is -2.18. The van der Waals surface area contributed by atoms with Crippen molar-refractivity contribution < 1.29 is 13.5 Å². The Morgan fingerprint density at radius 3 is 2.78 bits per heavy atom. The summed E-state index contributed by atoms with van der Waals surface area (Å²) in [6.45, 7) is 2.02. The van der Waals surface area contributed by atoms with Crippen molar-refractivity contribution in [1.29, 1.82) is 5.26 Å². The van der Waals surface area contributed by atoms with Gasteiger partial charge in [0.2, 0.25) is 5.95 Å². The van der Waals surface area contributed by atoms with Gasteiger partial charge in [-0.05, 0) is 31.0 Å². The number of hydrogen-bond acceptors (Lipinski definition) is 9. The van der Waals surface area contributed by atoms with Crippen LogP contribution in [0.4, 0.5) is 19.7 Å². The highest BCUT2D eigenvalue weighted by Gasteiger charge is 2.55. The molecule has 1 aliphatic carbocycles. The number of thiophene rings is 1. The zero-order valence-electron chi connectivity index (χ0n) is 19.4. The Morgan fingerprint density at radius 2 is 2.06 bits per heavy atom. The predicted molar refractivity (Wildman–Crippen MR) is 132 cm³/mol. The lowest BCUT2D eigenvalue weighted by Crippen LogP contribution is -2.34. The summed E-state index contributed by atoms with van der Waals surface area (Å²) in [5, 5.41) is 14.1. The van der Waals surface area contributed by atoms with Crippen LogP contribution in [0.1, 0.15) is 29.5 Å². The molecule has 0 radical (unpaired) electrons. The third-order valence-electron chi connectivity index (χ3n) is 7.90. The van der Waals surface area contributed by atoms with Crippen LogP contribution in [0.3, 0.4) is 0 Å². The molecule has 1 aromatic carbocycles. The number of fused-ring (bicyclic) bond motifs is 4. The van der Waals surface area contributed by atoms with E-state index >= 15 is 4.39 Å². The number of nitriles is 1. The van der Waals surface area contributed by atoms with E-state index < -0.39 is 11.6 Å². The predicted octanol–water partition coefficient (Wildman–Crippen LogP) is 3.86. The van der Waals surface area contributed by atoms with Crippen molar-refractivity contribution in [2.45, 2.75) is 32.1 Å². The monoisotopic (exact) mass is 505 g/mol. The SMILES string of the molecule is CN[C@@H]1CN(c2ncc3c4c(c(-c5ncc(F)c6sc(N)c(C#N)c56)c(F)c3n2)COC4)CC12CC2. The van der Waals surface area contributed by atoms with Crippen molar-refractivity contribution in [3.05, 3.63) is 40.7 Å². The van der Waals surface area contributed by atoms with Crippen molar-refractivity contribution in [1.82, 2.24) is 20.3 Å². The molecule has 3 N–H and O–H groups in total. The topological polar surface area (TPSA) is 113 Å². The third-order valence-corrected chi connectivity index (χ3v) is 8.93. The van der Waals surface area contributed by atoms with E-state index in [-0.39, 0.29) is 56.1 Å². The normalized spacial score (nSPS) is 19.9. The van der Waals surface area contributed by atoms with Crippen LogP contribution >= 0.6 is 11.3 Å². The summed E-state index contributed by atoms with van der Waals surface area (Å²) in [7, 11) is 1.97. The van der Waals surface area contributed by atoms with Crippen molar-refractivity contribution in [3.8, 4) is 17.3 Å². The van der Waals surface area contributed by atoms with Gasteiger partial charge < -0.3 is 20.7 Å². The van der Waals surface area contributed by atoms with E-state index in [1.54, 1.807) is 6.20 Å². The van der Waals surface area contributed by atoms with E-state index in [9.17, 15) is 9.65 Å². The molecule has 1 saturated heterocycles. The summed E-state index contributed by atoms with van der Waals surface area (Å²) in [5.41, 5.74) is 8.24. The number of nitrogens with one attached hydrogen (secondary N) is 1. The van der Waals surface area contributed by atoms with Gasteiger partial charge in [0.1, 0.15) is 16.6 Å². The fourth-order valence-electron chi connectivity index (χ4n) is 5.88. The molecule has 4 aromatic rings. The zero-order chi connectivity index (χ0) is 24.8. The molecular weight excluding hydrogens is 484 g/mol. The molecule has 2 aliphatic heterocycles. The quantitative estimate of drug-likeness (QED) is 0.432. The van der Waals surface area contributed by atoms with E-state index in [1.807, 2.05) is 13.1 Å². The number of ether oxygens (including phenoxy) is 1. The Hall–Kier alpha value is -3.46. The maximum Gasteiger partial charge on any atom is 0.226 e. The smallest absolute Gasteiger partial charge is 0.226 e. The van der Waals surface area contributed by atoms with Crippen LogP contribution in [-0.4, -0.2) is 41.1 Å². The Balaban J connectivity index is 1.46. The second-order valence-corrected chi connectivity index (χ2v) is 10.8. The maximum atomic E-state index is 16.4. The molecule has 5 heterocycles. The fourth-order valence-corrected chi connectivity index (χ4v) is 6.80. The van der Waals surface area contributed by atoms with Crippen LogP contribution < -0.4 is 16.0 Å². The highest BCUT2D eigenvalue weighted by Crippen LogP contribution is 2.53. The summed E-state index contributed by atoms with van der Waals surface area (Å²) in [5.74, 6) is -0.713. The van der Waals surface area contributed by atoms with Gasteiger partial charge >= 0.3 is 0 Å². The Bertz CT molecular complexity index is 1640. The lowest BCUT2D eigenvalue weighted by molar-refractivity contribution is 0.135. The molecule has 182 valence electrons. The van der Waals surface area contributed by atoms with E-state index in [0.29, 0.717) is 22.9 Å². The van der Waals surface area contributed by atoms with E-state index in [2.05, 4.69) is 20.2 Å². The Kier molecular flexibility index (Phi) is 4.55. The van der Waals surface area contributed by atoms with Gasteiger partial charge in [-0.2, -0.15) is 5.26 Å². The number of halogens is 2. The zero-order valence-corrected chi connectivity index (χ0v) is 20.2. The van der Waals surface area contributed by atoms with Gasteiger partial charge in [-0.1, -0.05) is 0 Å². The first-order valence-corrected chi connectivity index (χ1v) is 12.5. The maximum absolute atomic E-state index is 16.4. The van der Waals surface area contributed by atoms with Crippen molar-refractivity contribution in [2.75, 3.05) is 30.8 Å². The third kappa shape index (κ3) is 2.86. The molecule has 3 aromatic heterocycles. The van der Waals surface area contributed by atoms with Crippen LogP contribution in [0, 0.1) is 28.4 Å². The van der Waals surface area contributed by atoms with E-state index in [4.69, 9.17) is 15.5 Å². The highest BCUT2D eigenvalue weighted by molar-refractivity contribution is 7.23. The molecule has 8 nitrogen and oxygen atoms in total. The number of benzene rings is 1. The summed E-state index contributed by atoms with van der Waals surface area (Å²) in [6, 6.07) is 2.38. The van der Waals surface area contributed by atoms with Gasteiger partial charge in [0, 0.05) is 47.1 Å². The number of nitrogens with zero attached hydrogens (tertiary/aromatic N) is 5. The number of aromatic nitrogens is 3. The van der Waals surface area contributed by atoms with Gasteiger partial charge in [0.05, 0.1) is 35.4 Å². The molecule has 2 fully saturated rings. The first-order chi connectivity index (χ1) is 17.5. The number of anilines is 2. The molecule has 1 saturated carbocycles. The minimum absolute atomic E-state index is 0.0949. The van der Waals surface area contributed by atoms with Crippen molar-refractivity contribution in [2.24, 2.45) is 5.41 Å². The largest absolute Gasteiger partial charge is 0.389 e. The average molecular weight is 506 g/mol. The van der Waals surface area contributed by atoms with Crippen molar-refractivity contribution in [3.63, 3.8) is 0 Å². The summed E-state index contributed by atoms with van der Waals surface area (Å²) in [4.78, 5) is 15.7. The van der Waals surface area contributed by atoms with Crippen LogP contribution in [-0.2, 0) is 18.0 Å². The Labute approximate surface area is 208 Å². The number of nitrogens with two attached hydrogens (primary N) is 1. The van der Waals surface area contributed by atoms with E-state index in [1.165, 1.54) is 0 Å². The number of rotatable bonds is 3. The van der Waals surface area contributed by atoms with Gasteiger partial charge in [-0.15, -0.1) is 11.3 Å². The van der Waals surface area contributed by atoms with Crippen LogP contribution in [0.5, 0.6) is 0 Å². The second-order valence-electron chi connectivity index (χ2n) is 9.77. The van der Waals surface area contributed by atoms with Crippen molar-refractivity contribution >= 4 is 43.3 Å².